The van der Waals surface area contributed by atoms with Crippen LogP contribution in [0.3, 0.4) is 0 Å². The minimum Gasteiger partial charge on any atom is -0.420 e. The fourth-order valence-electron chi connectivity index (χ4n) is 1.80. The molecule has 0 aliphatic carbocycles. The highest BCUT2D eigenvalue weighted by Crippen LogP contribution is 2.24. The zero-order valence-corrected chi connectivity index (χ0v) is 11.8. The van der Waals surface area contributed by atoms with E-state index >= 15 is 0 Å². The summed E-state index contributed by atoms with van der Waals surface area (Å²) in [6.07, 6.45) is 1.77. The minimum absolute atomic E-state index is 0.569. The van der Waals surface area contributed by atoms with Gasteiger partial charge < -0.3 is 4.42 Å². The number of benzene rings is 1. The largest absolute Gasteiger partial charge is 0.420 e. The van der Waals surface area contributed by atoms with Gasteiger partial charge in [0.2, 0.25) is 11.8 Å². The molecule has 4 nitrogen and oxygen atoms in total. The van der Waals surface area contributed by atoms with Gasteiger partial charge in [-0.1, -0.05) is 36.0 Å². The summed E-state index contributed by atoms with van der Waals surface area (Å²) in [5.74, 6) is 1.80. The quantitative estimate of drug-likeness (QED) is 0.683. The molecule has 0 spiro atoms. The Morgan fingerprint density at radius 1 is 1.05 bits per heavy atom. The van der Waals surface area contributed by atoms with Gasteiger partial charge >= 0.3 is 0 Å². The summed E-state index contributed by atoms with van der Waals surface area (Å²) in [6, 6.07) is 13.8. The highest BCUT2D eigenvalue weighted by molar-refractivity contribution is 7.98. The topological polar surface area (TPSA) is 51.8 Å². The molecule has 3 aromatic rings. The van der Waals surface area contributed by atoms with Crippen molar-refractivity contribution >= 4 is 11.8 Å². The molecule has 0 bridgehead atoms. The first-order valence-electron chi connectivity index (χ1n) is 6.25. The van der Waals surface area contributed by atoms with E-state index < -0.39 is 0 Å². The molecule has 20 heavy (non-hydrogen) atoms. The van der Waals surface area contributed by atoms with E-state index in [2.05, 4.69) is 15.2 Å². The van der Waals surface area contributed by atoms with Crippen molar-refractivity contribution in [3.8, 4) is 11.5 Å². The summed E-state index contributed by atoms with van der Waals surface area (Å²) >= 11 is 1.58. The van der Waals surface area contributed by atoms with E-state index in [1.54, 1.807) is 18.0 Å². The molecule has 100 valence electrons. The van der Waals surface area contributed by atoms with Gasteiger partial charge in [0.25, 0.3) is 0 Å². The normalized spacial score (nSPS) is 10.7. The lowest BCUT2D eigenvalue weighted by molar-refractivity contribution is 0.528. The lowest BCUT2D eigenvalue weighted by Crippen LogP contribution is -1.82. The molecule has 0 fully saturated rings. The number of aromatic nitrogens is 3. The van der Waals surface area contributed by atoms with Crippen LogP contribution >= 0.6 is 11.8 Å². The van der Waals surface area contributed by atoms with Crippen LogP contribution < -0.4 is 0 Å². The SMILES string of the molecule is Cc1ccccc1-c1nnc(CSc2ccccn2)o1. The Morgan fingerprint density at radius 2 is 1.90 bits per heavy atom. The van der Waals surface area contributed by atoms with E-state index in [-0.39, 0.29) is 0 Å². The number of pyridine rings is 1. The molecule has 0 unspecified atom stereocenters. The molecule has 0 saturated heterocycles. The second-order valence-electron chi connectivity index (χ2n) is 4.27. The van der Waals surface area contributed by atoms with Crippen molar-refractivity contribution in [1.82, 2.24) is 15.2 Å². The van der Waals surface area contributed by atoms with Crippen LogP contribution in [0.1, 0.15) is 11.5 Å². The van der Waals surface area contributed by atoms with Crippen molar-refractivity contribution < 1.29 is 4.42 Å². The zero-order chi connectivity index (χ0) is 13.8. The van der Waals surface area contributed by atoms with Crippen molar-refractivity contribution in [3.05, 3.63) is 60.1 Å². The van der Waals surface area contributed by atoms with Gasteiger partial charge in [-0.3, -0.25) is 0 Å². The molecule has 0 aliphatic heterocycles. The number of rotatable bonds is 4. The molecule has 2 aromatic heterocycles. The lowest BCUT2D eigenvalue weighted by atomic mass is 10.1. The van der Waals surface area contributed by atoms with Gasteiger partial charge in [0, 0.05) is 11.8 Å². The Labute approximate surface area is 121 Å². The van der Waals surface area contributed by atoms with Crippen LogP contribution in [-0.4, -0.2) is 15.2 Å². The Balaban J connectivity index is 1.73. The first-order valence-corrected chi connectivity index (χ1v) is 7.24. The highest BCUT2D eigenvalue weighted by atomic mass is 32.2. The van der Waals surface area contributed by atoms with Gasteiger partial charge in [0.05, 0.1) is 10.8 Å². The number of aryl methyl sites for hydroxylation is 1. The fourth-order valence-corrected chi connectivity index (χ4v) is 2.50. The first kappa shape index (κ1) is 12.9. The third kappa shape index (κ3) is 2.88. The van der Waals surface area contributed by atoms with Crippen molar-refractivity contribution in [2.75, 3.05) is 0 Å². The van der Waals surface area contributed by atoms with Gasteiger partial charge in [0.15, 0.2) is 0 Å². The van der Waals surface area contributed by atoms with Gasteiger partial charge in [0.1, 0.15) is 0 Å². The third-order valence-corrected chi connectivity index (χ3v) is 3.75. The number of nitrogens with zero attached hydrogens (tertiary/aromatic N) is 3. The monoisotopic (exact) mass is 283 g/mol. The Kier molecular flexibility index (Phi) is 3.78. The van der Waals surface area contributed by atoms with Crippen molar-refractivity contribution in [3.63, 3.8) is 0 Å². The zero-order valence-electron chi connectivity index (χ0n) is 11.0. The molecule has 5 heteroatoms. The molecule has 0 aliphatic rings. The standard InChI is InChI=1S/C15H13N3OS/c1-11-6-2-3-7-12(11)15-18-17-13(19-15)10-20-14-8-4-5-9-16-14/h2-9H,10H2,1H3. The van der Waals surface area contributed by atoms with E-state index in [0.29, 0.717) is 17.5 Å². The van der Waals surface area contributed by atoms with Crippen LogP contribution in [-0.2, 0) is 5.75 Å². The van der Waals surface area contributed by atoms with Gasteiger partial charge in [-0.25, -0.2) is 4.98 Å². The molecule has 0 atom stereocenters. The smallest absolute Gasteiger partial charge is 0.248 e. The van der Waals surface area contributed by atoms with E-state index in [4.69, 9.17) is 4.42 Å². The molecular weight excluding hydrogens is 270 g/mol. The van der Waals surface area contributed by atoms with Crippen LogP contribution in [0.15, 0.2) is 58.1 Å². The van der Waals surface area contributed by atoms with Crippen molar-refractivity contribution in [2.45, 2.75) is 17.7 Å². The third-order valence-electron chi connectivity index (χ3n) is 2.82. The Morgan fingerprint density at radius 3 is 2.70 bits per heavy atom. The fraction of sp³-hybridized carbons (Fsp3) is 0.133. The summed E-state index contributed by atoms with van der Waals surface area (Å²) in [4.78, 5) is 4.25. The molecule has 0 N–H and O–H groups in total. The first-order chi connectivity index (χ1) is 9.83. The lowest BCUT2D eigenvalue weighted by Gasteiger charge is -1.99. The van der Waals surface area contributed by atoms with Gasteiger partial charge in [-0.2, -0.15) is 0 Å². The molecule has 0 amide bonds. The molecule has 2 heterocycles. The van der Waals surface area contributed by atoms with Crippen LogP contribution in [0.4, 0.5) is 0 Å². The molecule has 1 aromatic carbocycles. The average Bonchev–Trinajstić information content (AvgIpc) is 2.95. The predicted octanol–water partition coefficient (Wildman–Crippen LogP) is 3.73. The van der Waals surface area contributed by atoms with Crippen molar-refractivity contribution in [1.29, 1.82) is 0 Å². The number of hydrogen-bond donors (Lipinski definition) is 0. The number of hydrogen-bond acceptors (Lipinski definition) is 5. The van der Waals surface area contributed by atoms with E-state index in [9.17, 15) is 0 Å². The predicted molar refractivity (Wildman–Crippen MR) is 78.3 cm³/mol. The maximum absolute atomic E-state index is 5.70. The second kappa shape index (κ2) is 5.88. The van der Waals surface area contributed by atoms with Crippen LogP contribution in [0.2, 0.25) is 0 Å². The van der Waals surface area contributed by atoms with Crippen LogP contribution in [0.5, 0.6) is 0 Å². The van der Waals surface area contributed by atoms with E-state index in [1.807, 2.05) is 49.4 Å². The maximum atomic E-state index is 5.70. The Hall–Kier alpha value is -2.14. The average molecular weight is 283 g/mol. The van der Waals surface area contributed by atoms with Crippen LogP contribution in [0, 0.1) is 6.92 Å². The minimum atomic E-state index is 0.569. The highest BCUT2D eigenvalue weighted by Gasteiger charge is 2.10. The Bertz CT molecular complexity index is 697. The molecular formula is C15H13N3OS. The molecule has 0 radical (unpaired) electrons. The summed E-state index contributed by atoms with van der Waals surface area (Å²) in [7, 11) is 0. The summed E-state index contributed by atoms with van der Waals surface area (Å²) in [5.41, 5.74) is 2.11. The summed E-state index contributed by atoms with van der Waals surface area (Å²) in [5, 5.41) is 9.14. The molecule has 0 saturated carbocycles. The maximum Gasteiger partial charge on any atom is 0.248 e. The second-order valence-corrected chi connectivity index (χ2v) is 5.27. The molecule has 3 rings (SSSR count). The van der Waals surface area contributed by atoms with Crippen molar-refractivity contribution in [2.24, 2.45) is 0 Å². The van der Waals surface area contributed by atoms with E-state index in [0.717, 1.165) is 16.2 Å². The van der Waals surface area contributed by atoms with Gasteiger partial charge in [-0.05, 0) is 30.7 Å². The van der Waals surface area contributed by atoms with Crippen LogP contribution in [0.25, 0.3) is 11.5 Å². The number of thioether (sulfide) groups is 1. The van der Waals surface area contributed by atoms with E-state index in [1.165, 1.54) is 0 Å². The van der Waals surface area contributed by atoms with Gasteiger partial charge in [-0.15, -0.1) is 10.2 Å². The summed E-state index contributed by atoms with van der Waals surface area (Å²) < 4.78 is 5.70. The summed E-state index contributed by atoms with van der Waals surface area (Å²) in [6.45, 7) is 2.03.